The van der Waals surface area contributed by atoms with Gasteiger partial charge in [0.05, 0.1) is 16.6 Å². The molecule has 4 heterocycles. The first-order chi connectivity index (χ1) is 14.6. The van der Waals surface area contributed by atoms with Gasteiger partial charge in [0.15, 0.2) is 17.3 Å². The number of amides is 1. The SMILES string of the molecule is CN1CCCN(c2nc3c(cc2F)cc(C(=O)NO)c2nc4ccccc4n23)CC1. The van der Waals surface area contributed by atoms with E-state index in [1.54, 1.807) is 9.88 Å². The molecule has 0 radical (unpaired) electrons. The molecule has 4 aromatic rings. The molecule has 9 heteroatoms. The largest absolute Gasteiger partial charge is 0.353 e. The van der Waals surface area contributed by atoms with Crippen LogP contribution in [0.3, 0.4) is 0 Å². The van der Waals surface area contributed by atoms with E-state index < -0.39 is 11.7 Å². The molecule has 0 bridgehead atoms. The molecule has 3 aromatic heterocycles. The zero-order valence-corrected chi connectivity index (χ0v) is 16.5. The van der Waals surface area contributed by atoms with Crippen LogP contribution in [0.2, 0.25) is 0 Å². The Hall–Kier alpha value is -3.30. The van der Waals surface area contributed by atoms with Crippen LogP contribution in [0.15, 0.2) is 36.4 Å². The Balaban J connectivity index is 1.80. The fourth-order valence-electron chi connectivity index (χ4n) is 4.12. The Morgan fingerprint density at radius 1 is 1.10 bits per heavy atom. The van der Waals surface area contributed by atoms with Crippen molar-refractivity contribution in [3.63, 3.8) is 0 Å². The van der Waals surface area contributed by atoms with Crippen molar-refractivity contribution in [2.45, 2.75) is 6.42 Å². The van der Waals surface area contributed by atoms with Crippen LogP contribution in [0.4, 0.5) is 10.2 Å². The highest BCUT2D eigenvalue weighted by molar-refractivity contribution is 6.05. The molecule has 0 unspecified atom stereocenters. The van der Waals surface area contributed by atoms with Crippen LogP contribution < -0.4 is 10.4 Å². The molecular formula is C21H21FN6O2. The third-order valence-electron chi connectivity index (χ3n) is 5.64. The third kappa shape index (κ3) is 2.94. The van der Waals surface area contributed by atoms with Gasteiger partial charge in [-0.05, 0) is 44.3 Å². The number of para-hydroxylation sites is 2. The van der Waals surface area contributed by atoms with E-state index in [-0.39, 0.29) is 5.56 Å². The maximum Gasteiger partial charge on any atom is 0.278 e. The minimum atomic E-state index is -0.711. The van der Waals surface area contributed by atoms with Gasteiger partial charge in [0.25, 0.3) is 5.91 Å². The number of anilines is 1. The van der Waals surface area contributed by atoms with Crippen molar-refractivity contribution < 1.29 is 14.4 Å². The number of hydrogen-bond acceptors (Lipinski definition) is 6. The summed E-state index contributed by atoms with van der Waals surface area (Å²) in [6.07, 6.45) is 0.925. The van der Waals surface area contributed by atoms with Crippen molar-refractivity contribution in [2.75, 3.05) is 38.1 Å². The molecule has 0 aliphatic carbocycles. The molecule has 1 aromatic carbocycles. The molecule has 1 aliphatic rings. The molecule has 5 rings (SSSR count). The van der Waals surface area contributed by atoms with Gasteiger partial charge < -0.3 is 9.80 Å². The lowest BCUT2D eigenvalue weighted by Crippen LogP contribution is -2.30. The van der Waals surface area contributed by atoms with Gasteiger partial charge >= 0.3 is 0 Å². The van der Waals surface area contributed by atoms with Gasteiger partial charge in [-0.3, -0.25) is 14.4 Å². The molecule has 1 saturated heterocycles. The first kappa shape index (κ1) is 18.7. The second kappa shape index (κ2) is 7.19. The van der Waals surface area contributed by atoms with Crippen molar-refractivity contribution in [3.8, 4) is 0 Å². The Labute approximate surface area is 171 Å². The topological polar surface area (TPSA) is 86.0 Å². The van der Waals surface area contributed by atoms with Gasteiger partial charge in [-0.15, -0.1) is 0 Å². The van der Waals surface area contributed by atoms with Gasteiger partial charge in [-0.1, -0.05) is 12.1 Å². The Morgan fingerprint density at radius 2 is 1.93 bits per heavy atom. The van der Waals surface area contributed by atoms with E-state index in [2.05, 4.69) is 16.9 Å². The van der Waals surface area contributed by atoms with E-state index in [1.165, 1.54) is 12.1 Å². The molecule has 154 valence electrons. The maximum atomic E-state index is 15.1. The summed E-state index contributed by atoms with van der Waals surface area (Å²) in [5, 5.41) is 9.63. The number of pyridine rings is 2. The first-order valence-corrected chi connectivity index (χ1v) is 9.85. The standard InChI is InChI=1S/C21H21FN6O2/c1-26-7-4-8-27(10-9-26)20-15(22)12-13-11-14(21(29)25-30)19-23-16-5-2-3-6-17(16)28(19)18(13)24-20/h2-3,5-6,11-12,30H,4,7-10H2,1H3,(H,25,29). The number of carbonyl (C=O) groups excluding carboxylic acids is 1. The Morgan fingerprint density at radius 3 is 2.77 bits per heavy atom. The smallest absolute Gasteiger partial charge is 0.278 e. The number of likely N-dealkylation sites (N-methyl/N-ethyl adjacent to an activating group) is 1. The highest BCUT2D eigenvalue weighted by Gasteiger charge is 2.22. The maximum absolute atomic E-state index is 15.1. The number of benzene rings is 1. The Bertz CT molecular complexity index is 1290. The summed E-state index contributed by atoms with van der Waals surface area (Å²) in [6.45, 7) is 3.20. The second-order valence-corrected chi connectivity index (χ2v) is 7.61. The number of carbonyl (C=O) groups is 1. The lowest BCUT2D eigenvalue weighted by atomic mass is 10.2. The van der Waals surface area contributed by atoms with Crippen LogP contribution in [0.1, 0.15) is 16.8 Å². The number of nitrogens with zero attached hydrogens (tertiary/aromatic N) is 5. The predicted octanol–water partition coefficient (Wildman–Crippen LogP) is 2.44. The molecule has 0 spiro atoms. The fourth-order valence-corrected chi connectivity index (χ4v) is 4.12. The van der Waals surface area contributed by atoms with Gasteiger partial charge in [0, 0.05) is 25.0 Å². The third-order valence-corrected chi connectivity index (χ3v) is 5.64. The number of hydroxylamine groups is 1. The number of rotatable bonds is 2. The van der Waals surface area contributed by atoms with Crippen LogP contribution in [0, 0.1) is 5.82 Å². The molecule has 1 fully saturated rings. The van der Waals surface area contributed by atoms with E-state index in [4.69, 9.17) is 4.98 Å². The van der Waals surface area contributed by atoms with E-state index in [0.717, 1.165) is 31.6 Å². The summed E-state index contributed by atoms with van der Waals surface area (Å²) in [4.78, 5) is 25.7. The Kier molecular flexibility index (Phi) is 4.48. The van der Waals surface area contributed by atoms with Crippen LogP contribution in [0.5, 0.6) is 0 Å². The summed E-state index contributed by atoms with van der Waals surface area (Å²) in [6, 6.07) is 10.4. The minimum Gasteiger partial charge on any atom is -0.353 e. The minimum absolute atomic E-state index is 0.145. The van der Waals surface area contributed by atoms with Crippen LogP contribution in [-0.2, 0) is 0 Å². The van der Waals surface area contributed by atoms with Crippen molar-refractivity contribution in [1.29, 1.82) is 0 Å². The number of nitrogens with one attached hydrogen (secondary N) is 1. The van der Waals surface area contributed by atoms with E-state index >= 15 is 4.39 Å². The second-order valence-electron chi connectivity index (χ2n) is 7.61. The normalized spacial score (nSPS) is 15.8. The summed E-state index contributed by atoms with van der Waals surface area (Å²) in [5.41, 5.74) is 4.11. The fraction of sp³-hybridized carbons (Fsp3) is 0.286. The average molecular weight is 408 g/mol. The monoisotopic (exact) mass is 408 g/mol. The van der Waals surface area contributed by atoms with Crippen LogP contribution in [-0.4, -0.2) is 63.6 Å². The molecule has 8 nitrogen and oxygen atoms in total. The molecule has 30 heavy (non-hydrogen) atoms. The van der Waals surface area contributed by atoms with Crippen LogP contribution >= 0.6 is 0 Å². The quantitative estimate of drug-likeness (QED) is 0.391. The number of imidazole rings is 1. The number of hydrogen-bond donors (Lipinski definition) is 2. The summed E-state index contributed by atoms with van der Waals surface area (Å²) in [7, 11) is 2.06. The summed E-state index contributed by atoms with van der Waals surface area (Å²) >= 11 is 0. The van der Waals surface area contributed by atoms with E-state index in [0.29, 0.717) is 34.6 Å². The number of fused-ring (bicyclic) bond motifs is 5. The van der Waals surface area contributed by atoms with Crippen LogP contribution in [0.25, 0.3) is 27.7 Å². The summed E-state index contributed by atoms with van der Waals surface area (Å²) < 4.78 is 16.8. The van der Waals surface area contributed by atoms with Crippen molar-refractivity contribution >= 4 is 39.4 Å². The summed E-state index contributed by atoms with van der Waals surface area (Å²) in [5.74, 6) is -0.848. The molecule has 2 N–H and O–H groups in total. The van der Waals surface area contributed by atoms with Crippen molar-refractivity contribution in [2.24, 2.45) is 0 Å². The van der Waals surface area contributed by atoms with Gasteiger partial charge in [-0.25, -0.2) is 19.8 Å². The van der Waals surface area contributed by atoms with Crippen molar-refractivity contribution in [3.05, 3.63) is 47.8 Å². The number of halogens is 1. The lowest BCUT2D eigenvalue weighted by molar-refractivity contribution is 0.0708. The lowest BCUT2D eigenvalue weighted by Gasteiger charge is -2.22. The molecular weight excluding hydrogens is 387 g/mol. The predicted molar refractivity (Wildman–Crippen MR) is 112 cm³/mol. The van der Waals surface area contributed by atoms with Gasteiger partial charge in [0.2, 0.25) is 0 Å². The molecule has 1 aliphatic heterocycles. The highest BCUT2D eigenvalue weighted by Crippen LogP contribution is 2.29. The molecule has 0 saturated carbocycles. The zero-order chi connectivity index (χ0) is 20.8. The molecule has 0 atom stereocenters. The number of aromatic nitrogens is 3. The van der Waals surface area contributed by atoms with Gasteiger partial charge in [-0.2, -0.15) is 0 Å². The zero-order valence-electron chi connectivity index (χ0n) is 16.5. The van der Waals surface area contributed by atoms with E-state index in [9.17, 15) is 10.0 Å². The van der Waals surface area contributed by atoms with Gasteiger partial charge in [0.1, 0.15) is 5.65 Å². The van der Waals surface area contributed by atoms with E-state index in [1.807, 2.05) is 29.2 Å². The molecule has 1 amide bonds. The highest BCUT2D eigenvalue weighted by atomic mass is 19.1. The average Bonchev–Trinajstić information content (AvgIpc) is 3.01. The first-order valence-electron chi connectivity index (χ1n) is 9.85. The van der Waals surface area contributed by atoms with Crippen molar-refractivity contribution in [1.82, 2.24) is 24.7 Å².